The van der Waals surface area contributed by atoms with Gasteiger partial charge < -0.3 is 14.8 Å². The molecule has 0 aromatic rings. The highest BCUT2D eigenvalue weighted by molar-refractivity contribution is 5.80. The van der Waals surface area contributed by atoms with Crippen molar-refractivity contribution in [1.29, 1.82) is 0 Å². The first-order valence-electron chi connectivity index (χ1n) is 6.21. The lowest BCUT2D eigenvalue weighted by Gasteiger charge is -2.13. The monoisotopic (exact) mass is 245 g/mol. The molecule has 0 saturated carbocycles. The van der Waals surface area contributed by atoms with Crippen molar-refractivity contribution in [1.82, 2.24) is 5.32 Å². The first kappa shape index (κ1) is 15.7. The van der Waals surface area contributed by atoms with Crippen LogP contribution in [0.4, 0.5) is 4.79 Å². The van der Waals surface area contributed by atoms with Crippen molar-refractivity contribution in [2.75, 3.05) is 13.2 Å². The zero-order chi connectivity index (χ0) is 13.1. The summed E-state index contributed by atoms with van der Waals surface area (Å²) in [5.41, 5.74) is 0. The number of rotatable bonds is 8. The van der Waals surface area contributed by atoms with Gasteiger partial charge in [0.15, 0.2) is 0 Å². The summed E-state index contributed by atoms with van der Waals surface area (Å²) in [6.45, 7) is 6.37. The second-order valence-electron chi connectivity index (χ2n) is 3.88. The summed E-state index contributed by atoms with van der Waals surface area (Å²) < 4.78 is 9.83. The minimum atomic E-state index is -0.666. The molecule has 0 fully saturated rings. The van der Waals surface area contributed by atoms with E-state index in [4.69, 9.17) is 9.47 Å². The molecular weight excluding hydrogens is 222 g/mol. The van der Waals surface area contributed by atoms with Gasteiger partial charge in [-0.05, 0) is 19.8 Å². The fourth-order valence-electron chi connectivity index (χ4n) is 1.03. The molecule has 5 nitrogen and oxygen atoms in total. The predicted molar refractivity (Wildman–Crippen MR) is 64.7 cm³/mol. The van der Waals surface area contributed by atoms with Crippen molar-refractivity contribution < 1.29 is 19.1 Å². The van der Waals surface area contributed by atoms with Gasteiger partial charge in [-0.25, -0.2) is 9.59 Å². The molecule has 17 heavy (non-hydrogen) atoms. The Morgan fingerprint density at radius 3 is 2.12 bits per heavy atom. The standard InChI is InChI=1S/C12H23NO4/c1-4-6-8-16-11(14)10(3)13-12(15)17-9-7-5-2/h10H,4-9H2,1-3H3,(H,13,15). The molecule has 0 aliphatic heterocycles. The molecule has 0 aliphatic carbocycles. The van der Waals surface area contributed by atoms with E-state index in [2.05, 4.69) is 5.32 Å². The smallest absolute Gasteiger partial charge is 0.407 e. The van der Waals surface area contributed by atoms with Crippen molar-refractivity contribution in [3.8, 4) is 0 Å². The highest BCUT2D eigenvalue weighted by atomic mass is 16.6. The lowest BCUT2D eigenvalue weighted by atomic mass is 10.3. The molecule has 0 heterocycles. The molecule has 0 aromatic carbocycles. The molecule has 0 aromatic heterocycles. The molecule has 0 spiro atoms. The summed E-state index contributed by atoms with van der Waals surface area (Å²) in [5, 5.41) is 2.43. The van der Waals surface area contributed by atoms with Crippen LogP contribution in [-0.2, 0) is 14.3 Å². The second-order valence-corrected chi connectivity index (χ2v) is 3.88. The fraction of sp³-hybridized carbons (Fsp3) is 0.833. The minimum Gasteiger partial charge on any atom is -0.464 e. The van der Waals surface area contributed by atoms with Gasteiger partial charge in [0, 0.05) is 0 Å². The van der Waals surface area contributed by atoms with E-state index in [9.17, 15) is 9.59 Å². The lowest BCUT2D eigenvalue weighted by Crippen LogP contribution is -2.40. The summed E-state index contributed by atoms with van der Waals surface area (Å²) in [5.74, 6) is -0.425. The van der Waals surface area contributed by atoms with Gasteiger partial charge in [-0.1, -0.05) is 26.7 Å². The molecule has 0 aliphatic rings. The Kier molecular flexibility index (Phi) is 9.19. The molecule has 0 radical (unpaired) electrons. The topological polar surface area (TPSA) is 64.6 Å². The molecule has 100 valence electrons. The molecule has 1 N–H and O–H groups in total. The van der Waals surface area contributed by atoms with Crippen molar-refractivity contribution in [3.05, 3.63) is 0 Å². The fourth-order valence-corrected chi connectivity index (χ4v) is 1.03. The van der Waals surface area contributed by atoms with Gasteiger partial charge in [0.05, 0.1) is 13.2 Å². The van der Waals surface area contributed by atoms with E-state index in [1.807, 2.05) is 13.8 Å². The van der Waals surface area contributed by atoms with E-state index in [0.29, 0.717) is 13.2 Å². The maximum atomic E-state index is 11.4. The van der Waals surface area contributed by atoms with Gasteiger partial charge in [0.1, 0.15) is 6.04 Å². The van der Waals surface area contributed by atoms with E-state index >= 15 is 0 Å². The Bertz CT molecular complexity index is 231. The van der Waals surface area contributed by atoms with Gasteiger partial charge in [-0.2, -0.15) is 0 Å². The summed E-state index contributed by atoms with van der Waals surface area (Å²) in [6, 6.07) is -0.666. The maximum absolute atomic E-state index is 11.4. The van der Waals surface area contributed by atoms with Crippen LogP contribution in [-0.4, -0.2) is 31.3 Å². The third kappa shape index (κ3) is 8.54. The van der Waals surface area contributed by atoms with Crippen molar-refractivity contribution in [2.24, 2.45) is 0 Å². The largest absolute Gasteiger partial charge is 0.464 e. The average Bonchev–Trinajstić information content (AvgIpc) is 2.29. The number of ether oxygens (including phenoxy) is 2. The molecular formula is C12H23NO4. The van der Waals surface area contributed by atoms with Gasteiger partial charge >= 0.3 is 12.1 Å². The van der Waals surface area contributed by atoms with Crippen LogP contribution >= 0.6 is 0 Å². The van der Waals surface area contributed by atoms with Crippen LogP contribution in [0.1, 0.15) is 46.5 Å². The maximum Gasteiger partial charge on any atom is 0.407 e. The van der Waals surface area contributed by atoms with E-state index in [-0.39, 0.29) is 0 Å². The van der Waals surface area contributed by atoms with Crippen molar-refractivity contribution >= 4 is 12.1 Å². The number of hydrogen-bond donors (Lipinski definition) is 1. The van der Waals surface area contributed by atoms with Crippen LogP contribution in [0, 0.1) is 0 Å². The van der Waals surface area contributed by atoms with E-state index in [0.717, 1.165) is 25.7 Å². The molecule has 1 unspecified atom stereocenters. The van der Waals surface area contributed by atoms with Crippen LogP contribution in [0.2, 0.25) is 0 Å². The summed E-state index contributed by atoms with van der Waals surface area (Å²) in [6.07, 6.45) is 3.01. The van der Waals surface area contributed by atoms with E-state index in [1.54, 1.807) is 6.92 Å². The number of unbranched alkanes of at least 4 members (excludes halogenated alkanes) is 2. The first-order chi connectivity index (χ1) is 8.11. The van der Waals surface area contributed by atoms with Crippen LogP contribution in [0.3, 0.4) is 0 Å². The molecule has 0 bridgehead atoms. The quantitative estimate of drug-likeness (QED) is 0.526. The molecule has 5 heteroatoms. The highest BCUT2D eigenvalue weighted by Gasteiger charge is 2.17. The Balaban J connectivity index is 3.71. The van der Waals surface area contributed by atoms with Gasteiger partial charge in [0.2, 0.25) is 0 Å². The number of carbonyl (C=O) groups is 2. The number of nitrogens with one attached hydrogen (secondary N) is 1. The third-order valence-corrected chi connectivity index (χ3v) is 2.16. The molecule has 1 amide bonds. The summed E-state index contributed by atoms with van der Waals surface area (Å²) >= 11 is 0. The van der Waals surface area contributed by atoms with Crippen molar-refractivity contribution in [3.63, 3.8) is 0 Å². The normalized spacial score (nSPS) is 11.7. The Morgan fingerprint density at radius 2 is 1.59 bits per heavy atom. The van der Waals surface area contributed by atoms with Crippen LogP contribution < -0.4 is 5.32 Å². The van der Waals surface area contributed by atoms with E-state index in [1.165, 1.54) is 0 Å². The van der Waals surface area contributed by atoms with Crippen LogP contribution in [0.15, 0.2) is 0 Å². The Hall–Kier alpha value is -1.26. The zero-order valence-corrected chi connectivity index (χ0v) is 11.0. The van der Waals surface area contributed by atoms with E-state index < -0.39 is 18.1 Å². The highest BCUT2D eigenvalue weighted by Crippen LogP contribution is 1.94. The van der Waals surface area contributed by atoms with Gasteiger partial charge in [0.25, 0.3) is 0 Å². The lowest BCUT2D eigenvalue weighted by molar-refractivity contribution is -0.145. The van der Waals surface area contributed by atoms with Gasteiger partial charge in [-0.3, -0.25) is 0 Å². The number of amides is 1. The number of hydrogen-bond acceptors (Lipinski definition) is 4. The number of carbonyl (C=O) groups excluding carboxylic acids is 2. The zero-order valence-electron chi connectivity index (χ0n) is 11.0. The first-order valence-corrected chi connectivity index (χ1v) is 6.21. The molecule has 0 saturated heterocycles. The second kappa shape index (κ2) is 9.93. The molecule has 1 atom stereocenters. The van der Waals surface area contributed by atoms with Gasteiger partial charge in [-0.15, -0.1) is 0 Å². The van der Waals surface area contributed by atoms with Crippen LogP contribution in [0.25, 0.3) is 0 Å². The number of esters is 1. The summed E-state index contributed by atoms with van der Waals surface area (Å²) in [4.78, 5) is 22.6. The average molecular weight is 245 g/mol. The minimum absolute atomic E-state index is 0.375. The third-order valence-electron chi connectivity index (χ3n) is 2.16. The predicted octanol–water partition coefficient (Wildman–Crippen LogP) is 2.24. The Morgan fingerprint density at radius 1 is 1.06 bits per heavy atom. The summed E-state index contributed by atoms with van der Waals surface area (Å²) in [7, 11) is 0. The number of alkyl carbamates (subject to hydrolysis) is 1. The molecule has 0 rings (SSSR count). The van der Waals surface area contributed by atoms with Crippen molar-refractivity contribution in [2.45, 2.75) is 52.5 Å². The van der Waals surface area contributed by atoms with Crippen LogP contribution in [0.5, 0.6) is 0 Å². The Labute approximate surface area is 103 Å². The SMILES string of the molecule is CCCCOC(=O)NC(C)C(=O)OCCCC.